The number of hydrogen-bond donors (Lipinski definition) is 1. The third-order valence-electron chi connectivity index (χ3n) is 2.30. The minimum absolute atomic E-state index is 0.0173. The van der Waals surface area contributed by atoms with E-state index in [1.165, 1.54) is 10.9 Å². The van der Waals surface area contributed by atoms with Crippen molar-refractivity contribution >= 4 is 11.8 Å². The molecular weight excluding hydrogens is 182 g/mol. The molecule has 1 aromatic heterocycles. The average molecular weight is 193 g/mol. The fraction of sp³-hybridized carbons (Fsp3) is 0.444. The minimum atomic E-state index is 0.0173. The van der Waals surface area contributed by atoms with Gasteiger partial charge in [0.05, 0.1) is 0 Å². The van der Waals surface area contributed by atoms with Crippen LogP contribution in [0.5, 0.6) is 0 Å². The van der Waals surface area contributed by atoms with Crippen LogP contribution in [0.15, 0.2) is 18.7 Å². The number of hydrogen-bond acceptors (Lipinski definition) is 3. The van der Waals surface area contributed by atoms with Crippen LogP contribution in [-0.4, -0.2) is 27.4 Å². The molecule has 5 nitrogen and oxygen atoms in total. The van der Waals surface area contributed by atoms with Gasteiger partial charge in [-0.2, -0.15) is 0 Å². The van der Waals surface area contributed by atoms with Gasteiger partial charge in [0.1, 0.15) is 6.33 Å². The Hall–Kier alpha value is -1.65. The molecule has 1 aliphatic heterocycles. The predicted octanol–water partition coefficient (Wildman–Crippen LogP) is 0.192. The maximum absolute atomic E-state index is 11.4. The Bertz CT molecular complexity index is 337. The third-order valence-corrected chi connectivity index (χ3v) is 2.30. The molecule has 5 heteroatoms. The highest BCUT2D eigenvalue weighted by Gasteiger charge is 2.25. The van der Waals surface area contributed by atoms with Crippen LogP contribution in [0.3, 0.4) is 0 Å². The minimum Gasteiger partial charge on any atom is -0.353 e. The van der Waals surface area contributed by atoms with Crippen LogP contribution in [0.1, 0.15) is 24.1 Å². The molecule has 1 aromatic rings. The number of nitrogens with zero attached hydrogens (tertiary/aromatic N) is 2. The van der Waals surface area contributed by atoms with E-state index in [0.29, 0.717) is 19.3 Å². The molecule has 1 saturated heterocycles. The lowest BCUT2D eigenvalue weighted by molar-refractivity contribution is -0.128. The van der Waals surface area contributed by atoms with Crippen LogP contribution >= 0.6 is 0 Å². The van der Waals surface area contributed by atoms with Crippen LogP contribution < -0.4 is 5.32 Å². The van der Waals surface area contributed by atoms with Gasteiger partial charge < -0.3 is 5.32 Å². The number of amides is 1. The topological polar surface area (TPSA) is 64.0 Å². The number of imidazole rings is 1. The summed E-state index contributed by atoms with van der Waals surface area (Å²) in [5.74, 6) is 0.0914. The van der Waals surface area contributed by atoms with E-state index in [1.54, 1.807) is 12.4 Å². The maximum Gasteiger partial charge on any atom is 0.231 e. The Kier molecular flexibility index (Phi) is 2.30. The first-order valence-corrected chi connectivity index (χ1v) is 4.56. The smallest absolute Gasteiger partial charge is 0.231 e. The van der Waals surface area contributed by atoms with Gasteiger partial charge >= 0.3 is 0 Å². The molecule has 1 atom stereocenters. The van der Waals surface area contributed by atoms with Gasteiger partial charge in [0.2, 0.25) is 11.8 Å². The molecule has 1 fully saturated rings. The fourth-order valence-electron chi connectivity index (χ4n) is 1.44. The molecule has 1 N–H and O–H groups in total. The Balaban J connectivity index is 1.76. The number of carbonyl (C=O) groups is 2. The lowest BCUT2D eigenvalue weighted by Crippen LogP contribution is -2.48. The molecule has 1 unspecified atom stereocenters. The van der Waals surface area contributed by atoms with E-state index in [1.807, 2.05) is 0 Å². The molecule has 2 rings (SSSR count). The highest BCUT2D eigenvalue weighted by Crippen LogP contribution is 2.11. The van der Waals surface area contributed by atoms with Crippen molar-refractivity contribution in [2.75, 3.05) is 0 Å². The Morgan fingerprint density at radius 1 is 1.71 bits per heavy atom. The molecule has 0 spiro atoms. The first kappa shape index (κ1) is 8.93. The molecule has 14 heavy (non-hydrogen) atoms. The molecule has 0 bridgehead atoms. The summed E-state index contributed by atoms with van der Waals surface area (Å²) in [7, 11) is 0. The van der Waals surface area contributed by atoms with Gasteiger partial charge in [0, 0.05) is 31.3 Å². The standard InChI is InChI=1S/C9H11N3O2/c13-8-5-7(11-8)1-2-9(14)12-4-3-10-6-12/h3-4,6-7H,1-2,5H2,(H,11,13). The lowest BCUT2D eigenvalue weighted by Gasteiger charge is -2.26. The number of rotatable bonds is 3. The normalized spacial score (nSPS) is 20.0. The fourth-order valence-corrected chi connectivity index (χ4v) is 1.44. The summed E-state index contributed by atoms with van der Waals surface area (Å²) >= 11 is 0. The summed E-state index contributed by atoms with van der Waals surface area (Å²) in [6.45, 7) is 0. The van der Waals surface area contributed by atoms with Crippen LogP contribution in [0, 0.1) is 0 Å². The number of β-lactam (4-membered cyclic amide) rings is 1. The quantitative estimate of drug-likeness (QED) is 0.697. The first-order chi connectivity index (χ1) is 6.75. The van der Waals surface area contributed by atoms with E-state index in [2.05, 4.69) is 10.3 Å². The average Bonchev–Trinajstić information content (AvgIpc) is 2.62. The van der Waals surface area contributed by atoms with Crippen LogP contribution in [0.2, 0.25) is 0 Å². The van der Waals surface area contributed by atoms with Crippen LogP contribution in [0.4, 0.5) is 0 Å². The second kappa shape index (κ2) is 3.61. The number of nitrogens with one attached hydrogen (secondary N) is 1. The summed E-state index contributed by atoms with van der Waals surface area (Å²) in [5, 5.41) is 2.73. The summed E-state index contributed by atoms with van der Waals surface area (Å²) in [6, 6.07) is 0.190. The zero-order valence-corrected chi connectivity index (χ0v) is 7.64. The van der Waals surface area contributed by atoms with Gasteiger partial charge in [-0.1, -0.05) is 0 Å². The van der Waals surface area contributed by atoms with Gasteiger partial charge in [-0.15, -0.1) is 0 Å². The molecule has 0 aliphatic carbocycles. The molecule has 0 radical (unpaired) electrons. The van der Waals surface area contributed by atoms with E-state index >= 15 is 0 Å². The predicted molar refractivity (Wildman–Crippen MR) is 48.6 cm³/mol. The van der Waals surface area contributed by atoms with Crippen LogP contribution in [-0.2, 0) is 4.79 Å². The van der Waals surface area contributed by atoms with Gasteiger partial charge in [0.15, 0.2) is 0 Å². The van der Waals surface area contributed by atoms with Gasteiger partial charge in [-0.25, -0.2) is 4.98 Å². The summed E-state index contributed by atoms with van der Waals surface area (Å²) in [5.41, 5.74) is 0. The van der Waals surface area contributed by atoms with Crippen molar-refractivity contribution in [1.82, 2.24) is 14.9 Å². The molecular formula is C9H11N3O2. The maximum atomic E-state index is 11.4. The van der Waals surface area contributed by atoms with E-state index < -0.39 is 0 Å². The second-order valence-corrected chi connectivity index (χ2v) is 3.37. The largest absolute Gasteiger partial charge is 0.353 e. The SMILES string of the molecule is O=C1CC(CCC(=O)n2ccnc2)N1. The van der Waals surface area contributed by atoms with Crippen molar-refractivity contribution in [3.63, 3.8) is 0 Å². The highest BCUT2D eigenvalue weighted by molar-refractivity contribution is 5.83. The van der Waals surface area contributed by atoms with Crippen molar-refractivity contribution < 1.29 is 9.59 Å². The Morgan fingerprint density at radius 3 is 3.07 bits per heavy atom. The van der Waals surface area contributed by atoms with Crippen molar-refractivity contribution in [1.29, 1.82) is 0 Å². The summed E-state index contributed by atoms with van der Waals surface area (Å²) in [4.78, 5) is 25.8. The zero-order chi connectivity index (χ0) is 9.97. The molecule has 0 saturated carbocycles. The third kappa shape index (κ3) is 1.81. The van der Waals surface area contributed by atoms with E-state index in [9.17, 15) is 9.59 Å². The molecule has 1 aliphatic rings. The highest BCUT2D eigenvalue weighted by atomic mass is 16.2. The van der Waals surface area contributed by atoms with Gasteiger partial charge in [-0.3, -0.25) is 14.2 Å². The van der Waals surface area contributed by atoms with Crippen molar-refractivity contribution in [2.45, 2.75) is 25.3 Å². The van der Waals surface area contributed by atoms with E-state index in [-0.39, 0.29) is 17.9 Å². The van der Waals surface area contributed by atoms with Crippen molar-refractivity contribution in [2.24, 2.45) is 0 Å². The van der Waals surface area contributed by atoms with E-state index in [4.69, 9.17) is 0 Å². The zero-order valence-electron chi connectivity index (χ0n) is 7.64. The molecule has 1 amide bonds. The monoisotopic (exact) mass is 193 g/mol. The van der Waals surface area contributed by atoms with Gasteiger partial charge in [0.25, 0.3) is 0 Å². The lowest BCUT2D eigenvalue weighted by atomic mass is 10.0. The van der Waals surface area contributed by atoms with Crippen LogP contribution in [0.25, 0.3) is 0 Å². The summed E-state index contributed by atoms with van der Waals surface area (Å²) in [6.07, 6.45) is 6.40. The van der Waals surface area contributed by atoms with Gasteiger partial charge in [-0.05, 0) is 6.42 Å². The second-order valence-electron chi connectivity index (χ2n) is 3.37. The Labute approximate surface area is 81.1 Å². The van der Waals surface area contributed by atoms with Crippen molar-refractivity contribution in [3.05, 3.63) is 18.7 Å². The summed E-state index contributed by atoms with van der Waals surface area (Å²) < 4.78 is 1.46. The number of aromatic nitrogens is 2. The Morgan fingerprint density at radius 2 is 2.50 bits per heavy atom. The molecule has 0 aromatic carbocycles. The first-order valence-electron chi connectivity index (χ1n) is 4.56. The molecule has 2 heterocycles. The van der Waals surface area contributed by atoms with E-state index in [0.717, 1.165) is 0 Å². The molecule has 74 valence electrons. The van der Waals surface area contributed by atoms with Crippen molar-refractivity contribution in [3.8, 4) is 0 Å². The number of carbonyl (C=O) groups excluding carboxylic acids is 2.